The number of carbonyl (C=O) groups is 1. The Bertz CT molecular complexity index is 876. The largest absolute Gasteiger partial charge is 0.416 e. The molecule has 0 saturated carbocycles. The number of anilines is 2. The molecule has 1 aromatic carbocycles. The van der Waals surface area contributed by atoms with Crippen LogP contribution in [0.5, 0.6) is 0 Å². The molecule has 1 fully saturated rings. The summed E-state index contributed by atoms with van der Waals surface area (Å²) in [5.74, 6) is -0.369. The van der Waals surface area contributed by atoms with Crippen molar-refractivity contribution in [1.82, 2.24) is 5.32 Å². The first-order chi connectivity index (χ1) is 13.4. The van der Waals surface area contributed by atoms with Crippen molar-refractivity contribution in [3.8, 4) is 0 Å². The molecule has 2 N–H and O–H groups in total. The molecule has 9 heteroatoms. The molecule has 1 aromatic heterocycles. The lowest BCUT2D eigenvalue weighted by atomic mass is 10.0. The summed E-state index contributed by atoms with van der Waals surface area (Å²) in [5, 5.41) is 7.71. The molecule has 3 heterocycles. The van der Waals surface area contributed by atoms with Gasteiger partial charge in [0.15, 0.2) is 0 Å². The smallest absolute Gasteiger partial charge is 0.378 e. The summed E-state index contributed by atoms with van der Waals surface area (Å²) < 4.78 is 45.4. The minimum absolute atomic E-state index is 0.148. The molecular formula is C19H20F3N3O2S. The Morgan fingerprint density at radius 3 is 2.75 bits per heavy atom. The highest BCUT2D eigenvalue weighted by molar-refractivity contribution is 7.10. The fourth-order valence-electron chi connectivity index (χ4n) is 3.50. The van der Waals surface area contributed by atoms with Crippen molar-refractivity contribution in [2.24, 2.45) is 0 Å². The first kappa shape index (κ1) is 19.2. The number of carbonyl (C=O) groups excluding carboxylic acids is 1. The number of morpholine rings is 1. The number of rotatable bonds is 3. The van der Waals surface area contributed by atoms with E-state index in [2.05, 4.69) is 10.6 Å². The van der Waals surface area contributed by atoms with E-state index in [1.165, 1.54) is 11.3 Å². The Balaban J connectivity index is 1.62. The number of amides is 1. The number of nitrogens with one attached hydrogen (secondary N) is 2. The highest BCUT2D eigenvalue weighted by atomic mass is 32.1. The fraction of sp³-hybridized carbons (Fsp3) is 0.421. The maximum absolute atomic E-state index is 13.4. The van der Waals surface area contributed by atoms with Crippen molar-refractivity contribution in [2.45, 2.75) is 19.1 Å². The van der Waals surface area contributed by atoms with Crippen molar-refractivity contribution < 1.29 is 22.7 Å². The quantitative estimate of drug-likeness (QED) is 0.812. The van der Waals surface area contributed by atoms with E-state index in [0.717, 1.165) is 42.1 Å². The van der Waals surface area contributed by atoms with Crippen LogP contribution < -0.4 is 15.5 Å². The van der Waals surface area contributed by atoms with Gasteiger partial charge < -0.3 is 20.3 Å². The molecule has 1 amide bonds. The van der Waals surface area contributed by atoms with Crippen LogP contribution in [0, 0.1) is 0 Å². The number of hydrogen-bond acceptors (Lipinski definition) is 5. The molecule has 5 nitrogen and oxygen atoms in total. The third kappa shape index (κ3) is 4.01. The van der Waals surface area contributed by atoms with Crippen LogP contribution in [0.3, 0.4) is 0 Å². The van der Waals surface area contributed by atoms with Crippen LogP contribution in [0.15, 0.2) is 23.6 Å². The van der Waals surface area contributed by atoms with Crippen molar-refractivity contribution in [3.05, 3.63) is 45.1 Å². The molecule has 0 unspecified atom stereocenters. The highest BCUT2D eigenvalue weighted by Crippen LogP contribution is 2.35. The Morgan fingerprint density at radius 1 is 1.21 bits per heavy atom. The van der Waals surface area contributed by atoms with E-state index in [0.29, 0.717) is 37.6 Å². The van der Waals surface area contributed by atoms with Gasteiger partial charge >= 0.3 is 6.18 Å². The SMILES string of the molecule is O=C(Nc1cc(N2CCOCC2)cc(C(F)(F)F)c1)c1csc2c1CCNC2. The summed E-state index contributed by atoms with van der Waals surface area (Å²) in [6.45, 7) is 3.46. The number of thiophene rings is 1. The van der Waals surface area contributed by atoms with Crippen LogP contribution in [-0.4, -0.2) is 38.8 Å². The Labute approximate surface area is 164 Å². The van der Waals surface area contributed by atoms with E-state index in [4.69, 9.17) is 4.74 Å². The number of alkyl halides is 3. The minimum atomic E-state index is -4.49. The van der Waals surface area contributed by atoms with Crippen molar-refractivity contribution in [1.29, 1.82) is 0 Å². The molecule has 2 aliphatic heterocycles. The maximum atomic E-state index is 13.4. The summed E-state index contributed by atoms with van der Waals surface area (Å²) in [5.41, 5.74) is 1.34. The highest BCUT2D eigenvalue weighted by Gasteiger charge is 2.32. The Morgan fingerprint density at radius 2 is 2.00 bits per heavy atom. The van der Waals surface area contributed by atoms with Gasteiger partial charge in [0.1, 0.15) is 0 Å². The normalized spacial score (nSPS) is 17.3. The molecule has 2 aromatic rings. The topological polar surface area (TPSA) is 53.6 Å². The van der Waals surface area contributed by atoms with Crippen LogP contribution >= 0.6 is 11.3 Å². The third-order valence-corrected chi connectivity index (χ3v) is 5.97. The van der Waals surface area contributed by atoms with E-state index >= 15 is 0 Å². The molecule has 28 heavy (non-hydrogen) atoms. The molecule has 0 atom stereocenters. The van der Waals surface area contributed by atoms with E-state index in [1.807, 2.05) is 4.90 Å². The van der Waals surface area contributed by atoms with Crippen molar-refractivity contribution in [2.75, 3.05) is 43.1 Å². The summed E-state index contributed by atoms with van der Waals surface area (Å²) in [7, 11) is 0. The maximum Gasteiger partial charge on any atom is 0.416 e. The number of benzene rings is 1. The number of hydrogen-bond donors (Lipinski definition) is 2. The van der Waals surface area contributed by atoms with E-state index in [1.54, 1.807) is 11.4 Å². The van der Waals surface area contributed by atoms with E-state index in [9.17, 15) is 18.0 Å². The molecular weight excluding hydrogens is 391 g/mol. The van der Waals surface area contributed by atoms with Gasteiger partial charge in [-0.3, -0.25) is 4.79 Å². The lowest BCUT2D eigenvalue weighted by Crippen LogP contribution is -2.36. The minimum Gasteiger partial charge on any atom is -0.378 e. The second-order valence-corrected chi connectivity index (χ2v) is 7.76. The van der Waals surface area contributed by atoms with Gasteiger partial charge in [-0.15, -0.1) is 11.3 Å². The summed E-state index contributed by atoms with van der Waals surface area (Å²) in [4.78, 5) is 15.7. The Hall–Kier alpha value is -2.10. The molecule has 0 radical (unpaired) electrons. The van der Waals surface area contributed by atoms with Gasteiger partial charge in [-0.1, -0.05) is 0 Å². The van der Waals surface area contributed by atoms with Crippen LogP contribution in [0.2, 0.25) is 0 Å². The second kappa shape index (κ2) is 7.73. The first-order valence-electron chi connectivity index (χ1n) is 9.08. The van der Waals surface area contributed by atoms with Gasteiger partial charge in [0.2, 0.25) is 0 Å². The van der Waals surface area contributed by atoms with Gasteiger partial charge in [-0.2, -0.15) is 13.2 Å². The van der Waals surface area contributed by atoms with Crippen molar-refractivity contribution in [3.63, 3.8) is 0 Å². The first-order valence-corrected chi connectivity index (χ1v) is 9.96. The summed E-state index contributed by atoms with van der Waals surface area (Å²) >= 11 is 1.50. The van der Waals surface area contributed by atoms with Crippen molar-refractivity contribution >= 4 is 28.6 Å². The second-order valence-electron chi connectivity index (χ2n) is 6.80. The number of nitrogens with zero attached hydrogens (tertiary/aromatic N) is 1. The molecule has 150 valence electrons. The van der Waals surface area contributed by atoms with E-state index in [-0.39, 0.29) is 11.6 Å². The molecule has 0 spiro atoms. The lowest BCUT2D eigenvalue weighted by Gasteiger charge is -2.29. The average Bonchev–Trinajstić information content (AvgIpc) is 3.12. The lowest BCUT2D eigenvalue weighted by molar-refractivity contribution is -0.137. The zero-order valence-corrected chi connectivity index (χ0v) is 15.9. The number of fused-ring (bicyclic) bond motifs is 1. The number of ether oxygens (including phenoxy) is 1. The average molecular weight is 411 g/mol. The monoisotopic (exact) mass is 411 g/mol. The third-order valence-electron chi connectivity index (χ3n) is 4.94. The van der Waals surface area contributed by atoms with Gasteiger partial charge in [0.25, 0.3) is 5.91 Å². The van der Waals surface area contributed by atoms with Gasteiger partial charge in [-0.05, 0) is 36.7 Å². The predicted octanol–water partition coefficient (Wildman–Crippen LogP) is 3.50. The number of halogens is 3. The van der Waals surface area contributed by atoms with Crippen LogP contribution in [0.4, 0.5) is 24.5 Å². The molecule has 2 aliphatic rings. The molecule has 4 rings (SSSR count). The summed E-state index contributed by atoms with van der Waals surface area (Å²) in [6.07, 6.45) is -3.75. The summed E-state index contributed by atoms with van der Waals surface area (Å²) in [6, 6.07) is 3.71. The van der Waals surface area contributed by atoms with Gasteiger partial charge in [-0.25, -0.2) is 0 Å². The predicted molar refractivity (Wildman–Crippen MR) is 102 cm³/mol. The Kier molecular flexibility index (Phi) is 5.31. The van der Waals surface area contributed by atoms with Gasteiger partial charge in [0, 0.05) is 41.3 Å². The van der Waals surface area contributed by atoms with Gasteiger partial charge in [0.05, 0.1) is 24.3 Å². The molecule has 1 saturated heterocycles. The fourth-order valence-corrected chi connectivity index (χ4v) is 4.55. The zero-order valence-electron chi connectivity index (χ0n) is 15.1. The van der Waals surface area contributed by atoms with Crippen LogP contribution in [-0.2, 0) is 23.9 Å². The molecule has 0 bridgehead atoms. The van der Waals surface area contributed by atoms with Crippen LogP contribution in [0.1, 0.15) is 26.4 Å². The zero-order chi connectivity index (χ0) is 19.7. The standard InChI is InChI=1S/C19H20F3N3O2S/c20-19(21,22)12-7-13(9-14(8-12)25-3-5-27-6-4-25)24-18(26)16-11-28-17-10-23-2-1-15(16)17/h7-9,11,23H,1-6,10H2,(H,24,26). The van der Waals surface area contributed by atoms with Crippen LogP contribution in [0.25, 0.3) is 0 Å². The van der Waals surface area contributed by atoms with E-state index < -0.39 is 11.7 Å². The molecule has 0 aliphatic carbocycles.